The van der Waals surface area contributed by atoms with Crippen molar-refractivity contribution in [1.29, 1.82) is 5.26 Å². The highest BCUT2D eigenvalue weighted by Crippen LogP contribution is 2.33. The van der Waals surface area contributed by atoms with Crippen molar-refractivity contribution in [2.45, 2.75) is 44.7 Å². The van der Waals surface area contributed by atoms with Crippen LogP contribution >= 0.6 is 0 Å². The summed E-state index contributed by atoms with van der Waals surface area (Å²) in [4.78, 5) is 21.3. The molecule has 3 aromatic rings. The number of esters is 1. The van der Waals surface area contributed by atoms with Crippen molar-refractivity contribution >= 4 is 22.6 Å². The van der Waals surface area contributed by atoms with Crippen LogP contribution in [0.3, 0.4) is 0 Å². The first-order chi connectivity index (χ1) is 15.1. The molecule has 31 heavy (non-hydrogen) atoms. The maximum atomic E-state index is 12.7. The molecule has 1 aliphatic carbocycles. The number of rotatable bonds is 5. The Kier molecular flexibility index (Phi) is 6.10. The molecule has 1 fully saturated rings. The first-order valence-corrected chi connectivity index (χ1v) is 10.6. The Hall–Kier alpha value is -3.50. The molecule has 0 unspecified atom stereocenters. The number of nitrogens with one attached hydrogen (secondary N) is 1. The van der Waals surface area contributed by atoms with Gasteiger partial charge < -0.3 is 15.8 Å². The fourth-order valence-corrected chi connectivity index (χ4v) is 3.99. The number of nitrogens with zero attached hydrogens (tertiary/aromatic N) is 3. The molecular weight excluding hydrogens is 390 g/mol. The Morgan fingerprint density at radius 3 is 2.61 bits per heavy atom. The van der Waals surface area contributed by atoms with Crippen LogP contribution in [0.5, 0.6) is 0 Å². The van der Waals surface area contributed by atoms with Gasteiger partial charge in [0.2, 0.25) is 0 Å². The van der Waals surface area contributed by atoms with Gasteiger partial charge in [0.15, 0.2) is 0 Å². The predicted molar refractivity (Wildman–Crippen MR) is 119 cm³/mol. The largest absolute Gasteiger partial charge is 0.462 e. The molecule has 0 bridgehead atoms. The lowest BCUT2D eigenvalue weighted by Gasteiger charge is -2.28. The fraction of sp³-hybridized carbons (Fsp3) is 0.333. The third-order valence-corrected chi connectivity index (χ3v) is 5.69. The smallest absolute Gasteiger partial charge is 0.341 e. The lowest BCUT2D eigenvalue weighted by molar-refractivity contribution is 0.0527. The summed E-state index contributed by atoms with van der Waals surface area (Å²) in [7, 11) is 0. The van der Waals surface area contributed by atoms with Gasteiger partial charge in [-0.3, -0.25) is 4.98 Å². The standard InChI is InChI=1S/C24H25N5O2/c1-2-31-24(30)21-14-28-22-10-4-15(16-3-7-19(12-25)27-13-16)11-20(22)23(21)29-18-8-5-17(26)6-9-18/h3-4,7,10-11,13-14,17-18H,2,5-6,8-9,26H2,1H3,(H,28,29). The second-order valence-corrected chi connectivity index (χ2v) is 7.80. The van der Waals surface area contributed by atoms with Crippen LogP contribution in [-0.4, -0.2) is 34.6 Å². The third-order valence-electron chi connectivity index (χ3n) is 5.69. The number of hydrogen-bond donors (Lipinski definition) is 2. The van der Waals surface area contributed by atoms with Crippen molar-refractivity contribution in [2.75, 3.05) is 11.9 Å². The quantitative estimate of drug-likeness (QED) is 0.605. The molecule has 3 N–H and O–H groups in total. The monoisotopic (exact) mass is 415 g/mol. The van der Waals surface area contributed by atoms with Crippen LogP contribution in [0.2, 0.25) is 0 Å². The van der Waals surface area contributed by atoms with Crippen LogP contribution in [0.25, 0.3) is 22.0 Å². The minimum absolute atomic E-state index is 0.235. The summed E-state index contributed by atoms with van der Waals surface area (Å²) in [6.07, 6.45) is 7.08. The third kappa shape index (κ3) is 4.49. The highest BCUT2D eigenvalue weighted by atomic mass is 16.5. The number of nitrogens with two attached hydrogens (primary N) is 1. The number of fused-ring (bicyclic) bond motifs is 1. The summed E-state index contributed by atoms with van der Waals surface area (Å²) in [5, 5.41) is 13.4. The molecule has 0 radical (unpaired) electrons. The molecule has 0 amide bonds. The fourth-order valence-electron chi connectivity index (χ4n) is 3.99. The van der Waals surface area contributed by atoms with E-state index in [9.17, 15) is 4.79 Å². The van der Waals surface area contributed by atoms with Gasteiger partial charge in [-0.1, -0.05) is 6.07 Å². The highest BCUT2D eigenvalue weighted by Gasteiger charge is 2.23. The zero-order valence-corrected chi connectivity index (χ0v) is 17.5. The molecule has 7 heteroatoms. The molecule has 0 atom stereocenters. The van der Waals surface area contributed by atoms with Gasteiger partial charge in [-0.2, -0.15) is 5.26 Å². The van der Waals surface area contributed by atoms with Crippen molar-refractivity contribution in [2.24, 2.45) is 5.73 Å². The van der Waals surface area contributed by atoms with Gasteiger partial charge in [0.1, 0.15) is 17.3 Å². The van der Waals surface area contributed by atoms with E-state index in [2.05, 4.69) is 15.3 Å². The van der Waals surface area contributed by atoms with Gasteiger partial charge in [0, 0.05) is 35.4 Å². The summed E-state index contributed by atoms with van der Waals surface area (Å²) in [5.41, 5.74) is 10.2. The van der Waals surface area contributed by atoms with Crippen LogP contribution in [0, 0.1) is 11.3 Å². The Bertz CT molecular complexity index is 1130. The van der Waals surface area contributed by atoms with Crippen molar-refractivity contribution in [3.63, 3.8) is 0 Å². The second kappa shape index (κ2) is 9.11. The van der Waals surface area contributed by atoms with Gasteiger partial charge in [-0.05, 0) is 62.4 Å². The summed E-state index contributed by atoms with van der Waals surface area (Å²) < 4.78 is 5.28. The van der Waals surface area contributed by atoms with Crippen LogP contribution in [0.4, 0.5) is 5.69 Å². The maximum Gasteiger partial charge on any atom is 0.341 e. The number of pyridine rings is 2. The number of benzene rings is 1. The van der Waals surface area contributed by atoms with E-state index in [0.717, 1.165) is 53.4 Å². The van der Waals surface area contributed by atoms with Crippen LogP contribution in [0.15, 0.2) is 42.7 Å². The molecular formula is C24H25N5O2. The van der Waals surface area contributed by atoms with E-state index in [1.807, 2.05) is 30.3 Å². The molecule has 158 valence electrons. The van der Waals surface area contributed by atoms with Gasteiger partial charge in [0.05, 0.1) is 17.8 Å². The summed E-state index contributed by atoms with van der Waals surface area (Å²) in [6.45, 7) is 2.09. The lowest BCUT2D eigenvalue weighted by atomic mass is 9.91. The number of nitriles is 1. The Balaban J connectivity index is 1.79. The van der Waals surface area contributed by atoms with Crippen molar-refractivity contribution in [3.8, 4) is 17.2 Å². The number of ether oxygens (including phenoxy) is 1. The van der Waals surface area contributed by atoms with E-state index in [4.69, 9.17) is 15.7 Å². The van der Waals surface area contributed by atoms with E-state index >= 15 is 0 Å². The van der Waals surface area contributed by atoms with Crippen LogP contribution in [-0.2, 0) is 4.74 Å². The average Bonchev–Trinajstić information content (AvgIpc) is 2.80. The van der Waals surface area contributed by atoms with E-state index in [-0.39, 0.29) is 12.1 Å². The van der Waals surface area contributed by atoms with Gasteiger partial charge in [-0.25, -0.2) is 9.78 Å². The zero-order chi connectivity index (χ0) is 21.8. The Morgan fingerprint density at radius 2 is 1.94 bits per heavy atom. The molecule has 2 heterocycles. The minimum Gasteiger partial charge on any atom is -0.462 e. The number of hydrogen-bond acceptors (Lipinski definition) is 7. The SMILES string of the molecule is CCOC(=O)c1cnc2ccc(-c3ccc(C#N)nc3)cc2c1NC1CCC(N)CC1. The number of aromatic nitrogens is 2. The number of carbonyl (C=O) groups is 1. The van der Waals surface area contributed by atoms with Crippen molar-refractivity contribution in [3.05, 3.63) is 54.0 Å². The molecule has 0 saturated heterocycles. The number of anilines is 1. The average molecular weight is 415 g/mol. The zero-order valence-electron chi connectivity index (χ0n) is 17.5. The summed E-state index contributed by atoms with van der Waals surface area (Å²) >= 11 is 0. The molecule has 0 spiro atoms. The van der Waals surface area contributed by atoms with Gasteiger partial charge in [-0.15, -0.1) is 0 Å². The predicted octanol–water partition coefficient (Wildman–Crippen LogP) is 4.03. The number of carbonyl (C=O) groups excluding carboxylic acids is 1. The molecule has 2 aromatic heterocycles. The van der Waals surface area contributed by atoms with Gasteiger partial charge >= 0.3 is 5.97 Å². The van der Waals surface area contributed by atoms with Crippen molar-refractivity contribution in [1.82, 2.24) is 9.97 Å². The first-order valence-electron chi connectivity index (χ1n) is 10.6. The van der Waals surface area contributed by atoms with Crippen LogP contribution < -0.4 is 11.1 Å². The van der Waals surface area contributed by atoms with E-state index in [1.54, 1.807) is 25.4 Å². The lowest BCUT2D eigenvalue weighted by Crippen LogP contribution is -2.33. The molecule has 4 rings (SSSR count). The summed E-state index contributed by atoms with van der Waals surface area (Å²) in [5.74, 6) is -0.391. The first kappa shape index (κ1) is 20.8. The van der Waals surface area contributed by atoms with E-state index in [1.165, 1.54) is 0 Å². The van der Waals surface area contributed by atoms with Crippen LogP contribution in [0.1, 0.15) is 48.7 Å². The Labute approximate surface area is 181 Å². The highest BCUT2D eigenvalue weighted by molar-refractivity contribution is 6.06. The molecule has 0 aliphatic heterocycles. The topological polar surface area (TPSA) is 114 Å². The van der Waals surface area contributed by atoms with Crippen molar-refractivity contribution < 1.29 is 9.53 Å². The Morgan fingerprint density at radius 1 is 1.16 bits per heavy atom. The van der Waals surface area contributed by atoms with E-state index in [0.29, 0.717) is 17.9 Å². The maximum absolute atomic E-state index is 12.7. The van der Waals surface area contributed by atoms with E-state index < -0.39 is 5.97 Å². The molecule has 1 aromatic carbocycles. The summed E-state index contributed by atoms with van der Waals surface area (Å²) in [6, 6.07) is 12.0. The molecule has 1 aliphatic rings. The second-order valence-electron chi connectivity index (χ2n) is 7.80. The minimum atomic E-state index is -0.391. The normalized spacial score (nSPS) is 18.4. The molecule has 7 nitrogen and oxygen atoms in total. The van der Waals surface area contributed by atoms with Gasteiger partial charge in [0.25, 0.3) is 0 Å². The molecule has 1 saturated carbocycles.